The van der Waals surface area contributed by atoms with Gasteiger partial charge in [-0.1, -0.05) is 30.3 Å². The third kappa shape index (κ3) is 5.34. The topological polar surface area (TPSA) is 67.7 Å². The average Bonchev–Trinajstić information content (AvgIpc) is 2.81. The second kappa shape index (κ2) is 10.1. The molecule has 1 aromatic heterocycles. The van der Waals surface area contributed by atoms with Crippen molar-refractivity contribution < 1.29 is 9.53 Å². The molecule has 2 aliphatic heterocycles. The maximum Gasteiger partial charge on any atom is 0.269 e. The highest BCUT2D eigenvalue weighted by Crippen LogP contribution is 2.25. The molecule has 0 N–H and O–H groups in total. The molecule has 0 unspecified atom stereocenters. The molecule has 0 radical (unpaired) electrons. The number of amides is 1. The van der Waals surface area contributed by atoms with Gasteiger partial charge in [0.25, 0.3) is 5.56 Å². The second-order valence-electron chi connectivity index (χ2n) is 8.70. The molecule has 1 aromatic carbocycles. The van der Waals surface area contributed by atoms with Gasteiger partial charge in [-0.05, 0) is 37.2 Å². The minimum atomic E-state index is -0.116. The van der Waals surface area contributed by atoms with E-state index in [-0.39, 0.29) is 17.4 Å². The molecule has 2 aliphatic rings. The van der Waals surface area contributed by atoms with Crippen LogP contribution in [-0.4, -0.2) is 60.5 Å². The van der Waals surface area contributed by atoms with Crippen LogP contribution >= 0.6 is 0 Å². The molecule has 1 amide bonds. The molecule has 31 heavy (non-hydrogen) atoms. The van der Waals surface area contributed by atoms with Gasteiger partial charge in [0.1, 0.15) is 0 Å². The molecule has 2 aromatic rings. The quantitative estimate of drug-likeness (QED) is 0.712. The van der Waals surface area contributed by atoms with Crippen molar-refractivity contribution in [1.29, 1.82) is 0 Å². The number of carbonyl (C=O) groups is 1. The Labute approximate surface area is 183 Å². The molecule has 0 saturated carbocycles. The lowest BCUT2D eigenvalue weighted by Crippen LogP contribution is -2.47. The number of benzene rings is 1. The van der Waals surface area contributed by atoms with E-state index >= 15 is 0 Å². The van der Waals surface area contributed by atoms with Gasteiger partial charge in [0.05, 0.1) is 24.3 Å². The van der Waals surface area contributed by atoms with Crippen molar-refractivity contribution in [3.63, 3.8) is 0 Å². The van der Waals surface area contributed by atoms with Gasteiger partial charge in [0.15, 0.2) is 0 Å². The van der Waals surface area contributed by atoms with Crippen molar-refractivity contribution in [2.45, 2.75) is 32.2 Å². The van der Waals surface area contributed by atoms with E-state index in [4.69, 9.17) is 4.74 Å². The number of piperidine rings is 2. The van der Waals surface area contributed by atoms with Gasteiger partial charge < -0.3 is 14.5 Å². The van der Waals surface area contributed by atoms with Crippen LogP contribution in [0.2, 0.25) is 0 Å². The summed E-state index contributed by atoms with van der Waals surface area (Å²) >= 11 is 0. The summed E-state index contributed by atoms with van der Waals surface area (Å²) in [5.41, 5.74) is 1.74. The Bertz CT molecular complexity index is 922. The van der Waals surface area contributed by atoms with Crippen molar-refractivity contribution in [2.24, 2.45) is 11.8 Å². The first-order chi connectivity index (χ1) is 15.1. The Morgan fingerprint density at radius 2 is 1.90 bits per heavy atom. The fourth-order valence-corrected chi connectivity index (χ4v) is 4.70. The molecular weight excluding hydrogens is 392 g/mol. The van der Waals surface area contributed by atoms with Crippen LogP contribution in [0.25, 0.3) is 0 Å². The summed E-state index contributed by atoms with van der Waals surface area (Å²) in [6.45, 7) is 4.38. The summed E-state index contributed by atoms with van der Waals surface area (Å²) in [5.74, 6) is 0.802. The van der Waals surface area contributed by atoms with E-state index in [1.165, 1.54) is 4.68 Å². The number of ether oxygens (including phenoxy) is 1. The molecule has 166 valence electrons. The zero-order chi connectivity index (χ0) is 21.6. The van der Waals surface area contributed by atoms with Crippen molar-refractivity contribution >= 4 is 11.6 Å². The zero-order valence-corrected chi connectivity index (χ0v) is 18.3. The largest absolute Gasteiger partial charge is 0.384 e. The third-order valence-corrected chi connectivity index (χ3v) is 6.49. The Balaban J connectivity index is 1.37. The highest BCUT2D eigenvalue weighted by Gasteiger charge is 2.31. The van der Waals surface area contributed by atoms with E-state index in [2.05, 4.69) is 10.00 Å². The van der Waals surface area contributed by atoms with Crippen LogP contribution in [0.15, 0.2) is 47.4 Å². The number of hydrogen-bond acceptors (Lipinski definition) is 5. The second-order valence-corrected chi connectivity index (χ2v) is 8.70. The number of rotatable bonds is 6. The third-order valence-electron chi connectivity index (χ3n) is 6.49. The van der Waals surface area contributed by atoms with Crippen LogP contribution < -0.4 is 10.5 Å². The highest BCUT2D eigenvalue weighted by atomic mass is 16.5. The molecular formula is C24H32N4O3. The molecule has 3 heterocycles. The first-order valence-corrected chi connectivity index (χ1v) is 11.3. The monoisotopic (exact) mass is 424 g/mol. The molecule has 0 bridgehead atoms. The van der Waals surface area contributed by atoms with Crippen LogP contribution in [0.1, 0.15) is 31.2 Å². The van der Waals surface area contributed by atoms with E-state index in [1.54, 1.807) is 19.4 Å². The van der Waals surface area contributed by atoms with Crippen LogP contribution in [0.4, 0.5) is 5.69 Å². The number of hydrogen-bond donors (Lipinski definition) is 0. The smallest absolute Gasteiger partial charge is 0.269 e. The van der Waals surface area contributed by atoms with Crippen molar-refractivity contribution in [1.82, 2.24) is 14.7 Å². The van der Waals surface area contributed by atoms with Crippen LogP contribution in [0.5, 0.6) is 0 Å². The molecule has 2 fully saturated rings. The molecule has 0 spiro atoms. The van der Waals surface area contributed by atoms with E-state index in [1.807, 2.05) is 35.2 Å². The zero-order valence-electron chi connectivity index (χ0n) is 18.3. The Morgan fingerprint density at radius 1 is 1.13 bits per heavy atom. The molecule has 0 aliphatic carbocycles. The van der Waals surface area contributed by atoms with E-state index in [0.29, 0.717) is 19.0 Å². The fraction of sp³-hybridized carbons (Fsp3) is 0.542. The average molecular weight is 425 g/mol. The van der Waals surface area contributed by atoms with Gasteiger partial charge in [-0.2, -0.15) is 5.10 Å². The van der Waals surface area contributed by atoms with Gasteiger partial charge in [0.2, 0.25) is 5.91 Å². The summed E-state index contributed by atoms with van der Waals surface area (Å²) in [4.78, 5) is 29.9. The minimum Gasteiger partial charge on any atom is -0.384 e. The van der Waals surface area contributed by atoms with Gasteiger partial charge in [-0.25, -0.2) is 4.68 Å². The number of methoxy groups -OCH3 is 1. The summed E-state index contributed by atoms with van der Waals surface area (Å²) < 4.78 is 6.75. The molecule has 7 nitrogen and oxygen atoms in total. The highest BCUT2D eigenvalue weighted by molar-refractivity contribution is 5.80. The summed E-state index contributed by atoms with van der Waals surface area (Å²) in [6, 6.07) is 11.5. The number of carbonyl (C=O) groups excluding carboxylic acids is 1. The SMILES string of the molecule is COCC1CCN(C(=O)[C@@H]2CCCN(c3cnn(Cc4ccccc4)c(=O)c3)C2)CC1. The first kappa shape index (κ1) is 21.6. The fourth-order valence-electron chi connectivity index (χ4n) is 4.70. The summed E-state index contributed by atoms with van der Waals surface area (Å²) in [7, 11) is 1.74. The lowest BCUT2D eigenvalue weighted by molar-refractivity contribution is -0.137. The van der Waals surface area contributed by atoms with Crippen LogP contribution in [0, 0.1) is 11.8 Å². The lowest BCUT2D eigenvalue weighted by Gasteiger charge is -2.38. The maximum absolute atomic E-state index is 13.1. The molecule has 1 atom stereocenters. The summed E-state index contributed by atoms with van der Waals surface area (Å²) in [5, 5.41) is 4.39. The number of aromatic nitrogens is 2. The normalized spacial score (nSPS) is 20.1. The molecule has 2 saturated heterocycles. The number of nitrogens with zero attached hydrogens (tertiary/aromatic N) is 4. The predicted octanol–water partition coefficient (Wildman–Crippen LogP) is 2.39. The number of likely N-dealkylation sites (tertiary alicyclic amines) is 1. The number of anilines is 1. The van der Waals surface area contributed by atoms with Crippen molar-refractivity contribution in [2.75, 3.05) is 44.8 Å². The Morgan fingerprint density at radius 3 is 2.61 bits per heavy atom. The van der Waals surface area contributed by atoms with E-state index in [0.717, 1.165) is 63.2 Å². The van der Waals surface area contributed by atoms with Gasteiger partial charge in [-0.15, -0.1) is 0 Å². The van der Waals surface area contributed by atoms with Crippen LogP contribution in [-0.2, 0) is 16.1 Å². The van der Waals surface area contributed by atoms with Crippen molar-refractivity contribution in [3.05, 3.63) is 58.5 Å². The Kier molecular flexibility index (Phi) is 7.02. The maximum atomic E-state index is 13.1. The standard InChI is InChI=1S/C24H32N4O3/c1-31-18-20-9-12-26(13-10-20)24(30)21-8-5-11-27(17-21)22-14-23(29)28(25-15-22)16-19-6-3-2-4-7-19/h2-4,6-7,14-15,20-21H,5,8-13,16-18H2,1H3/t21-/m1/s1. The molecule has 4 rings (SSSR count). The van der Waals surface area contributed by atoms with Gasteiger partial charge in [-0.3, -0.25) is 9.59 Å². The minimum absolute atomic E-state index is 0.0144. The van der Waals surface area contributed by atoms with E-state index in [9.17, 15) is 9.59 Å². The van der Waals surface area contributed by atoms with Crippen molar-refractivity contribution in [3.8, 4) is 0 Å². The van der Waals surface area contributed by atoms with Crippen LogP contribution in [0.3, 0.4) is 0 Å². The lowest BCUT2D eigenvalue weighted by atomic mass is 9.93. The molecule has 7 heteroatoms. The van der Waals surface area contributed by atoms with Gasteiger partial charge in [0, 0.05) is 46.0 Å². The van der Waals surface area contributed by atoms with E-state index < -0.39 is 0 Å². The first-order valence-electron chi connectivity index (χ1n) is 11.3. The Hall–Kier alpha value is -2.67. The summed E-state index contributed by atoms with van der Waals surface area (Å²) in [6.07, 6.45) is 5.64. The van der Waals surface area contributed by atoms with Gasteiger partial charge >= 0.3 is 0 Å². The predicted molar refractivity (Wildman–Crippen MR) is 120 cm³/mol.